The lowest BCUT2D eigenvalue weighted by Crippen LogP contribution is -2.29. The van der Waals surface area contributed by atoms with E-state index in [1.807, 2.05) is 12.1 Å². The van der Waals surface area contributed by atoms with Crippen LogP contribution < -0.4 is 14.2 Å². The first-order chi connectivity index (χ1) is 12.5. The first-order valence-electron chi connectivity index (χ1n) is 8.06. The van der Waals surface area contributed by atoms with Crippen molar-refractivity contribution in [2.24, 2.45) is 0 Å². The second-order valence-corrected chi connectivity index (χ2v) is 5.98. The van der Waals surface area contributed by atoms with Gasteiger partial charge in [0.05, 0.1) is 20.8 Å². The van der Waals surface area contributed by atoms with E-state index in [0.29, 0.717) is 35.4 Å². The first kappa shape index (κ1) is 19.7. The number of hydrogen-bond donors (Lipinski definition) is 0. The Kier molecular flexibility index (Phi) is 7.36. The Balaban J connectivity index is 1.87. The van der Waals surface area contributed by atoms with Crippen molar-refractivity contribution in [1.82, 2.24) is 4.90 Å². The predicted molar refractivity (Wildman–Crippen MR) is 103 cm³/mol. The van der Waals surface area contributed by atoms with Crippen molar-refractivity contribution < 1.29 is 19.0 Å². The Labute approximate surface area is 158 Å². The van der Waals surface area contributed by atoms with E-state index in [2.05, 4.69) is 0 Å². The second kappa shape index (κ2) is 9.73. The molecule has 0 N–H and O–H groups in total. The zero-order valence-electron chi connectivity index (χ0n) is 15.1. The van der Waals surface area contributed by atoms with Crippen molar-refractivity contribution in [3.63, 3.8) is 0 Å². The molecule has 0 unspecified atom stereocenters. The number of methoxy groups -OCH3 is 2. The number of ether oxygens (including phenoxy) is 3. The van der Waals surface area contributed by atoms with E-state index in [4.69, 9.17) is 25.8 Å². The van der Waals surface area contributed by atoms with E-state index in [1.54, 1.807) is 62.6 Å². The lowest BCUT2D eigenvalue weighted by atomic mass is 10.2. The van der Waals surface area contributed by atoms with Crippen molar-refractivity contribution in [2.75, 3.05) is 34.4 Å². The normalized spacial score (nSPS) is 10.6. The van der Waals surface area contributed by atoms with Crippen molar-refractivity contribution in [3.8, 4) is 17.2 Å². The van der Waals surface area contributed by atoms with Crippen molar-refractivity contribution >= 4 is 23.6 Å². The van der Waals surface area contributed by atoms with Gasteiger partial charge in [-0.2, -0.15) is 0 Å². The van der Waals surface area contributed by atoms with E-state index in [-0.39, 0.29) is 5.91 Å². The molecule has 0 atom stereocenters. The third-order valence-electron chi connectivity index (χ3n) is 3.68. The van der Waals surface area contributed by atoms with Crippen LogP contribution in [0.15, 0.2) is 48.5 Å². The SMILES string of the molecule is COc1cc(/C=C/C(=O)N(C)CCOc2ccc(Cl)cc2)cc(OC)c1. The molecular formula is C20H22ClNO4. The third kappa shape index (κ3) is 6.01. The van der Waals surface area contributed by atoms with Gasteiger partial charge in [-0.05, 0) is 48.0 Å². The quantitative estimate of drug-likeness (QED) is 0.656. The highest BCUT2D eigenvalue weighted by Crippen LogP contribution is 2.23. The van der Waals surface area contributed by atoms with Gasteiger partial charge in [0.1, 0.15) is 23.9 Å². The van der Waals surface area contributed by atoms with Crippen LogP contribution in [0, 0.1) is 0 Å². The van der Waals surface area contributed by atoms with Crippen molar-refractivity contribution in [2.45, 2.75) is 0 Å². The number of halogens is 1. The number of hydrogen-bond acceptors (Lipinski definition) is 4. The number of benzene rings is 2. The maximum Gasteiger partial charge on any atom is 0.246 e. The predicted octanol–water partition coefficient (Wildman–Crippen LogP) is 3.91. The Morgan fingerprint density at radius 1 is 1.04 bits per heavy atom. The van der Waals surface area contributed by atoms with Crippen LogP contribution in [0.4, 0.5) is 0 Å². The van der Waals surface area contributed by atoms with Gasteiger partial charge < -0.3 is 19.1 Å². The number of rotatable bonds is 8. The van der Waals surface area contributed by atoms with Gasteiger partial charge >= 0.3 is 0 Å². The van der Waals surface area contributed by atoms with Crippen LogP contribution in [0.5, 0.6) is 17.2 Å². The average molecular weight is 376 g/mol. The van der Waals surface area contributed by atoms with Gasteiger partial charge in [0.15, 0.2) is 0 Å². The Morgan fingerprint density at radius 3 is 2.23 bits per heavy atom. The summed E-state index contributed by atoms with van der Waals surface area (Å²) in [5.74, 6) is 1.93. The summed E-state index contributed by atoms with van der Waals surface area (Å²) in [6, 6.07) is 12.5. The number of likely N-dealkylation sites (N-methyl/N-ethyl adjacent to an activating group) is 1. The molecule has 0 saturated heterocycles. The monoisotopic (exact) mass is 375 g/mol. The minimum absolute atomic E-state index is 0.119. The molecule has 0 aliphatic heterocycles. The second-order valence-electron chi connectivity index (χ2n) is 5.54. The molecule has 0 radical (unpaired) electrons. The molecule has 0 aliphatic rings. The Bertz CT molecular complexity index is 737. The molecule has 0 fully saturated rings. The molecule has 138 valence electrons. The largest absolute Gasteiger partial charge is 0.497 e. The number of carbonyl (C=O) groups is 1. The number of amides is 1. The summed E-state index contributed by atoms with van der Waals surface area (Å²) in [6.45, 7) is 0.859. The smallest absolute Gasteiger partial charge is 0.246 e. The summed E-state index contributed by atoms with van der Waals surface area (Å²) in [5.41, 5.74) is 0.820. The molecule has 0 saturated carbocycles. The van der Waals surface area contributed by atoms with Crippen molar-refractivity contribution in [3.05, 3.63) is 59.1 Å². The van der Waals surface area contributed by atoms with Crippen LogP contribution in [-0.2, 0) is 4.79 Å². The highest BCUT2D eigenvalue weighted by molar-refractivity contribution is 6.30. The van der Waals surface area contributed by atoms with E-state index < -0.39 is 0 Å². The zero-order chi connectivity index (χ0) is 18.9. The maximum absolute atomic E-state index is 12.2. The van der Waals surface area contributed by atoms with Gasteiger partial charge in [-0.15, -0.1) is 0 Å². The molecule has 0 aromatic heterocycles. The minimum atomic E-state index is -0.119. The van der Waals surface area contributed by atoms with Crippen LogP contribution in [0.1, 0.15) is 5.56 Å². The lowest BCUT2D eigenvalue weighted by molar-refractivity contribution is -0.125. The molecule has 26 heavy (non-hydrogen) atoms. The Hall–Kier alpha value is -2.66. The van der Waals surface area contributed by atoms with Gasteiger partial charge in [0.2, 0.25) is 5.91 Å². The highest BCUT2D eigenvalue weighted by atomic mass is 35.5. The number of carbonyl (C=O) groups excluding carboxylic acids is 1. The molecule has 1 amide bonds. The van der Waals surface area contributed by atoms with Crippen molar-refractivity contribution in [1.29, 1.82) is 0 Å². The fraction of sp³-hybridized carbons (Fsp3) is 0.250. The van der Waals surface area contributed by atoms with E-state index in [9.17, 15) is 4.79 Å². The topological polar surface area (TPSA) is 48.0 Å². The molecule has 5 nitrogen and oxygen atoms in total. The summed E-state index contributed by atoms with van der Waals surface area (Å²) in [7, 11) is 4.90. The van der Waals surface area contributed by atoms with Crippen LogP contribution in [-0.4, -0.2) is 45.2 Å². The number of nitrogens with zero attached hydrogens (tertiary/aromatic N) is 1. The van der Waals surface area contributed by atoms with E-state index >= 15 is 0 Å². The molecule has 6 heteroatoms. The maximum atomic E-state index is 12.2. The van der Waals surface area contributed by atoms with Gasteiger partial charge in [0, 0.05) is 24.2 Å². The fourth-order valence-electron chi connectivity index (χ4n) is 2.16. The highest BCUT2D eigenvalue weighted by Gasteiger charge is 2.06. The molecule has 0 aliphatic carbocycles. The summed E-state index contributed by atoms with van der Waals surface area (Å²) < 4.78 is 16.0. The minimum Gasteiger partial charge on any atom is -0.497 e. The van der Waals surface area contributed by atoms with Crippen LogP contribution in [0.3, 0.4) is 0 Å². The van der Waals surface area contributed by atoms with Crippen LogP contribution in [0.25, 0.3) is 6.08 Å². The van der Waals surface area contributed by atoms with Crippen LogP contribution in [0.2, 0.25) is 5.02 Å². The molecular weight excluding hydrogens is 354 g/mol. The fourth-order valence-corrected chi connectivity index (χ4v) is 2.29. The molecule has 2 rings (SSSR count). The zero-order valence-corrected chi connectivity index (χ0v) is 15.8. The van der Waals surface area contributed by atoms with Gasteiger partial charge in [-0.3, -0.25) is 4.79 Å². The van der Waals surface area contributed by atoms with Crippen LogP contribution >= 0.6 is 11.6 Å². The summed E-state index contributed by atoms with van der Waals surface area (Å²) >= 11 is 5.83. The first-order valence-corrected chi connectivity index (χ1v) is 8.44. The summed E-state index contributed by atoms with van der Waals surface area (Å²) in [6.07, 6.45) is 3.24. The van der Waals surface area contributed by atoms with E-state index in [0.717, 1.165) is 5.56 Å². The van der Waals surface area contributed by atoms with Gasteiger partial charge in [-0.1, -0.05) is 11.6 Å². The van der Waals surface area contributed by atoms with Gasteiger partial charge in [0.25, 0.3) is 0 Å². The summed E-state index contributed by atoms with van der Waals surface area (Å²) in [5, 5.41) is 0.656. The molecule has 0 heterocycles. The molecule has 0 bridgehead atoms. The Morgan fingerprint density at radius 2 is 1.65 bits per heavy atom. The average Bonchev–Trinajstić information content (AvgIpc) is 2.67. The molecule has 2 aromatic rings. The lowest BCUT2D eigenvalue weighted by Gasteiger charge is -2.15. The molecule has 2 aromatic carbocycles. The molecule has 0 spiro atoms. The van der Waals surface area contributed by atoms with E-state index in [1.165, 1.54) is 6.08 Å². The summed E-state index contributed by atoms with van der Waals surface area (Å²) in [4.78, 5) is 13.8. The third-order valence-corrected chi connectivity index (χ3v) is 3.93. The standard InChI is InChI=1S/C20H22ClNO4/c1-22(10-11-26-17-7-5-16(21)6-8-17)20(23)9-4-15-12-18(24-2)14-19(13-15)25-3/h4-9,12-14H,10-11H2,1-3H3/b9-4+. The van der Waals surface area contributed by atoms with Gasteiger partial charge in [-0.25, -0.2) is 0 Å².